The van der Waals surface area contributed by atoms with Gasteiger partial charge in [-0.25, -0.2) is 9.78 Å². The zero-order valence-electron chi connectivity index (χ0n) is 11.0. The summed E-state index contributed by atoms with van der Waals surface area (Å²) < 4.78 is 39.2. The molecule has 112 valence electrons. The molecule has 4 nitrogen and oxygen atoms in total. The number of aromatic carboxylic acids is 1. The van der Waals surface area contributed by atoms with Gasteiger partial charge in [-0.1, -0.05) is 12.1 Å². The maximum absolute atomic E-state index is 12.5. The number of rotatable bonds is 2. The highest BCUT2D eigenvalue weighted by atomic mass is 19.4. The Morgan fingerprint density at radius 2 is 1.82 bits per heavy atom. The highest BCUT2D eigenvalue weighted by molar-refractivity contribution is 5.88. The molecule has 0 radical (unpaired) electrons. The van der Waals surface area contributed by atoms with Gasteiger partial charge in [-0.2, -0.15) is 13.2 Å². The summed E-state index contributed by atoms with van der Waals surface area (Å²) in [7, 11) is 0. The van der Waals surface area contributed by atoms with E-state index in [1.54, 1.807) is 16.8 Å². The molecule has 0 amide bonds. The third kappa shape index (κ3) is 2.52. The lowest BCUT2D eigenvalue weighted by atomic mass is 10.1. The van der Waals surface area contributed by atoms with Crippen LogP contribution in [-0.4, -0.2) is 20.5 Å². The van der Waals surface area contributed by atoms with E-state index in [0.717, 1.165) is 12.1 Å². The van der Waals surface area contributed by atoms with E-state index in [-0.39, 0.29) is 5.56 Å². The minimum atomic E-state index is -4.38. The van der Waals surface area contributed by atoms with Crippen LogP contribution in [0.25, 0.3) is 16.9 Å². The Kier molecular flexibility index (Phi) is 3.13. The van der Waals surface area contributed by atoms with E-state index in [1.165, 1.54) is 24.3 Å². The van der Waals surface area contributed by atoms with Crippen LogP contribution in [0.5, 0.6) is 0 Å². The molecule has 3 rings (SSSR count). The highest BCUT2D eigenvalue weighted by Gasteiger charge is 2.30. The maximum Gasteiger partial charge on any atom is 0.416 e. The van der Waals surface area contributed by atoms with Crippen molar-refractivity contribution in [1.82, 2.24) is 9.38 Å². The molecule has 1 aromatic carbocycles. The summed E-state index contributed by atoms with van der Waals surface area (Å²) in [6.07, 6.45) is -1.21. The molecular formula is C15H9F3N2O2. The van der Waals surface area contributed by atoms with Gasteiger partial charge in [-0.05, 0) is 24.3 Å². The molecule has 0 fully saturated rings. The SMILES string of the molecule is O=C(O)c1ccn2cc(-c3ccc(C(F)(F)F)cc3)nc2c1. The van der Waals surface area contributed by atoms with Crippen molar-refractivity contribution in [3.05, 3.63) is 59.9 Å². The van der Waals surface area contributed by atoms with E-state index in [4.69, 9.17) is 5.11 Å². The molecule has 0 saturated heterocycles. The standard InChI is InChI=1S/C15H9F3N2O2/c16-15(17,18)11-3-1-9(2-4-11)12-8-20-6-5-10(14(21)22)7-13(20)19-12/h1-8H,(H,21,22). The number of benzene rings is 1. The van der Waals surface area contributed by atoms with Crippen LogP contribution in [0.3, 0.4) is 0 Å². The fraction of sp³-hybridized carbons (Fsp3) is 0.0667. The number of carbonyl (C=O) groups is 1. The average Bonchev–Trinajstić information content (AvgIpc) is 2.89. The van der Waals surface area contributed by atoms with Gasteiger partial charge in [0.1, 0.15) is 5.65 Å². The predicted octanol–water partition coefficient (Wildman–Crippen LogP) is 3.72. The Bertz CT molecular complexity index is 851. The number of alkyl halides is 3. The minimum absolute atomic E-state index is 0.0945. The molecule has 3 aromatic rings. The molecule has 22 heavy (non-hydrogen) atoms. The van der Waals surface area contributed by atoms with Gasteiger partial charge < -0.3 is 9.51 Å². The number of carboxylic acid groups (broad SMARTS) is 1. The monoisotopic (exact) mass is 306 g/mol. The smallest absolute Gasteiger partial charge is 0.416 e. The number of fused-ring (bicyclic) bond motifs is 1. The average molecular weight is 306 g/mol. The lowest BCUT2D eigenvalue weighted by Gasteiger charge is -2.06. The zero-order chi connectivity index (χ0) is 15.9. The van der Waals surface area contributed by atoms with Gasteiger partial charge in [0.2, 0.25) is 0 Å². The number of pyridine rings is 1. The van der Waals surface area contributed by atoms with Gasteiger partial charge in [-0.3, -0.25) is 0 Å². The van der Waals surface area contributed by atoms with E-state index >= 15 is 0 Å². The highest BCUT2D eigenvalue weighted by Crippen LogP contribution is 2.30. The lowest BCUT2D eigenvalue weighted by molar-refractivity contribution is -0.137. The molecule has 0 aliphatic carbocycles. The predicted molar refractivity (Wildman–Crippen MR) is 72.6 cm³/mol. The first kappa shape index (κ1) is 14.1. The molecule has 0 aliphatic heterocycles. The van der Waals surface area contributed by atoms with Crippen LogP contribution in [0, 0.1) is 0 Å². The Labute approximate surface area is 122 Å². The van der Waals surface area contributed by atoms with E-state index < -0.39 is 17.7 Å². The van der Waals surface area contributed by atoms with Crippen molar-refractivity contribution in [3.63, 3.8) is 0 Å². The fourth-order valence-electron chi connectivity index (χ4n) is 2.08. The summed E-state index contributed by atoms with van der Waals surface area (Å²) in [6, 6.07) is 7.47. The molecule has 2 aromatic heterocycles. The molecule has 7 heteroatoms. The third-order valence-corrected chi connectivity index (χ3v) is 3.22. The van der Waals surface area contributed by atoms with E-state index in [9.17, 15) is 18.0 Å². The van der Waals surface area contributed by atoms with Crippen molar-refractivity contribution in [2.75, 3.05) is 0 Å². The molecular weight excluding hydrogens is 297 g/mol. The van der Waals surface area contributed by atoms with Crippen LogP contribution in [0.15, 0.2) is 48.8 Å². The van der Waals surface area contributed by atoms with Crippen LogP contribution in [0.4, 0.5) is 13.2 Å². The molecule has 0 spiro atoms. The van der Waals surface area contributed by atoms with Gasteiger partial charge in [0.05, 0.1) is 16.8 Å². The number of halogens is 3. The second-order valence-electron chi connectivity index (χ2n) is 4.69. The van der Waals surface area contributed by atoms with Gasteiger partial charge in [0.25, 0.3) is 0 Å². The number of carboxylic acids is 1. The van der Waals surface area contributed by atoms with E-state index in [2.05, 4.69) is 4.98 Å². The number of imidazole rings is 1. The van der Waals surface area contributed by atoms with Gasteiger partial charge >= 0.3 is 12.1 Å². The number of hydrogen-bond donors (Lipinski definition) is 1. The normalized spacial score (nSPS) is 11.8. The van der Waals surface area contributed by atoms with Crippen molar-refractivity contribution in [3.8, 4) is 11.3 Å². The van der Waals surface area contributed by atoms with Gasteiger partial charge in [-0.15, -0.1) is 0 Å². The Hall–Kier alpha value is -2.83. The summed E-state index contributed by atoms with van der Waals surface area (Å²) in [4.78, 5) is 15.1. The summed E-state index contributed by atoms with van der Waals surface area (Å²) in [5.74, 6) is -1.07. The molecule has 0 saturated carbocycles. The number of aromatic nitrogens is 2. The minimum Gasteiger partial charge on any atom is -0.478 e. The van der Waals surface area contributed by atoms with Crippen molar-refractivity contribution in [2.45, 2.75) is 6.18 Å². The Balaban J connectivity index is 2.01. The van der Waals surface area contributed by atoms with Crippen molar-refractivity contribution >= 4 is 11.6 Å². The van der Waals surface area contributed by atoms with Crippen LogP contribution < -0.4 is 0 Å². The van der Waals surface area contributed by atoms with Crippen LogP contribution >= 0.6 is 0 Å². The zero-order valence-corrected chi connectivity index (χ0v) is 11.0. The first-order valence-corrected chi connectivity index (χ1v) is 6.24. The molecule has 0 bridgehead atoms. The quantitative estimate of drug-likeness (QED) is 0.785. The van der Waals surface area contributed by atoms with Crippen LogP contribution in [0.2, 0.25) is 0 Å². The maximum atomic E-state index is 12.5. The number of hydrogen-bond acceptors (Lipinski definition) is 2. The summed E-state index contributed by atoms with van der Waals surface area (Å²) in [5.41, 5.74) is 0.768. The second-order valence-corrected chi connectivity index (χ2v) is 4.69. The van der Waals surface area contributed by atoms with Crippen molar-refractivity contribution < 1.29 is 23.1 Å². The fourth-order valence-corrected chi connectivity index (χ4v) is 2.08. The van der Waals surface area contributed by atoms with Crippen molar-refractivity contribution in [2.24, 2.45) is 0 Å². The Morgan fingerprint density at radius 1 is 1.14 bits per heavy atom. The lowest BCUT2D eigenvalue weighted by Crippen LogP contribution is -2.03. The van der Waals surface area contributed by atoms with Crippen molar-refractivity contribution in [1.29, 1.82) is 0 Å². The first-order valence-electron chi connectivity index (χ1n) is 6.24. The van der Waals surface area contributed by atoms with E-state index in [1.807, 2.05) is 0 Å². The largest absolute Gasteiger partial charge is 0.478 e. The van der Waals surface area contributed by atoms with Gasteiger partial charge in [0.15, 0.2) is 0 Å². The molecule has 0 atom stereocenters. The summed E-state index contributed by atoms with van der Waals surface area (Å²) in [5, 5.41) is 8.93. The molecule has 0 aliphatic rings. The van der Waals surface area contributed by atoms with Crippen LogP contribution in [-0.2, 0) is 6.18 Å². The summed E-state index contributed by atoms with van der Waals surface area (Å²) >= 11 is 0. The topological polar surface area (TPSA) is 54.6 Å². The molecule has 2 heterocycles. The van der Waals surface area contributed by atoms with Gasteiger partial charge in [0, 0.05) is 18.0 Å². The third-order valence-electron chi connectivity index (χ3n) is 3.22. The molecule has 0 unspecified atom stereocenters. The van der Waals surface area contributed by atoms with Crippen LogP contribution in [0.1, 0.15) is 15.9 Å². The molecule has 1 N–H and O–H groups in total. The summed E-state index contributed by atoms with van der Waals surface area (Å²) in [6.45, 7) is 0. The Morgan fingerprint density at radius 3 is 2.41 bits per heavy atom. The number of nitrogens with zero attached hydrogens (tertiary/aromatic N) is 2. The second kappa shape index (κ2) is 4.87. The first-order chi connectivity index (χ1) is 10.3. The van der Waals surface area contributed by atoms with E-state index in [0.29, 0.717) is 16.9 Å².